The van der Waals surface area contributed by atoms with Gasteiger partial charge in [-0.1, -0.05) is 36.4 Å². The first-order chi connectivity index (χ1) is 12.3. The highest BCUT2D eigenvalue weighted by molar-refractivity contribution is 5.97. The molecule has 2 amide bonds. The average Bonchev–Trinajstić information content (AvgIpc) is 2.59. The van der Waals surface area contributed by atoms with E-state index < -0.39 is 23.6 Å². The second kappa shape index (κ2) is 8.28. The van der Waals surface area contributed by atoms with Crippen LogP contribution in [0, 0.1) is 6.92 Å². The van der Waals surface area contributed by atoms with E-state index in [9.17, 15) is 22.8 Å². The lowest BCUT2D eigenvalue weighted by molar-refractivity contribution is -0.137. The van der Waals surface area contributed by atoms with E-state index in [2.05, 4.69) is 15.8 Å². The van der Waals surface area contributed by atoms with Gasteiger partial charge in [0.05, 0.1) is 18.3 Å². The van der Waals surface area contributed by atoms with Crippen molar-refractivity contribution < 1.29 is 22.8 Å². The maximum atomic E-state index is 12.8. The lowest BCUT2D eigenvalue weighted by Crippen LogP contribution is -2.35. The normalized spacial score (nSPS) is 11.4. The zero-order chi connectivity index (χ0) is 19.2. The Bertz CT molecular complexity index is 832. The molecule has 2 aromatic rings. The number of nitrogens with one attached hydrogen (secondary N) is 2. The quantitative estimate of drug-likeness (QED) is 0.633. The fourth-order valence-electron chi connectivity index (χ4n) is 2.16. The standard InChI is InChI=1S/C18H16F3N3O2/c1-12-6-2-4-8-14(12)17(26)22-11-16(25)24-23-10-13-7-3-5-9-15(13)18(19,20)21/h2-10H,11H2,1H3,(H,22,26)(H,24,25)/b23-10-. The number of halogens is 3. The Hall–Kier alpha value is -3.16. The van der Waals surface area contributed by atoms with Gasteiger partial charge in [-0.25, -0.2) is 5.43 Å². The summed E-state index contributed by atoms with van der Waals surface area (Å²) in [6, 6.07) is 11.7. The van der Waals surface area contributed by atoms with Gasteiger partial charge in [-0.15, -0.1) is 0 Å². The highest BCUT2D eigenvalue weighted by Crippen LogP contribution is 2.30. The van der Waals surface area contributed by atoms with E-state index in [1.165, 1.54) is 18.2 Å². The molecule has 0 aliphatic rings. The third-order valence-corrected chi connectivity index (χ3v) is 3.46. The van der Waals surface area contributed by atoms with Crippen molar-refractivity contribution in [2.45, 2.75) is 13.1 Å². The van der Waals surface area contributed by atoms with Crippen LogP contribution < -0.4 is 10.7 Å². The van der Waals surface area contributed by atoms with Crippen molar-refractivity contribution in [3.05, 3.63) is 70.8 Å². The van der Waals surface area contributed by atoms with Gasteiger partial charge in [0.15, 0.2) is 0 Å². The van der Waals surface area contributed by atoms with Crippen LogP contribution in [0.5, 0.6) is 0 Å². The fourth-order valence-corrected chi connectivity index (χ4v) is 2.16. The third-order valence-electron chi connectivity index (χ3n) is 3.46. The minimum absolute atomic E-state index is 0.177. The van der Waals surface area contributed by atoms with Gasteiger partial charge in [0.1, 0.15) is 0 Å². The number of hydrazone groups is 1. The Morgan fingerprint density at radius 3 is 2.42 bits per heavy atom. The van der Waals surface area contributed by atoms with Crippen LogP contribution in [0.3, 0.4) is 0 Å². The number of hydrogen-bond acceptors (Lipinski definition) is 3. The van der Waals surface area contributed by atoms with E-state index in [4.69, 9.17) is 0 Å². The van der Waals surface area contributed by atoms with E-state index in [1.54, 1.807) is 31.2 Å². The molecule has 0 aliphatic heterocycles. The van der Waals surface area contributed by atoms with Crippen molar-refractivity contribution in [2.75, 3.05) is 6.54 Å². The summed E-state index contributed by atoms with van der Waals surface area (Å²) in [6.45, 7) is 1.41. The molecule has 136 valence electrons. The van der Waals surface area contributed by atoms with Gasteiger partial charge in [0.2, 0.25) is 0 Å². The van der Waals surface area contributed by atoms with Crippen molar-refractivity contribution in [1.29, 1.82) is 0 Å². The zero-order valence-electron chi connectivity index (χ0n) is 13.8. The third kappa shape index (κ3) is 5.17. The predicted octanol–water partition coefficient (Wildman–Crippen LogP) is 2.89. The smallest absolute Gasteiger partial charge is 0.343 e. The fraction of sp³-hybridized carbons (Fsp3) is 0.167. The van der Waals surface area contributed by atoms with Crippen molar-refractivity contribution >= 4 is 18.0 Å². The molecule has 8 heteroatoms. The van der Waals surface area contributed by atoms with Crippen LogP contribution in [0.2, 0.25) is 0 Å². The first kappa shape index (κ1) is 19.2. The van der Waals surface area contributed by atoms with Crippen LogP contribution >= 0.6 is 0 Å². The molecule has 0 saturated heterocycles. The molecule has 0 unspecified atom stereocenters. The highest BCUT2D eigenvalue weighted by atomic mass is 19.4. The van der Waals surface area contributed by atoms with Gasteiger partial charge in [0.25, 0.3) is 11.8 Å². The molecule has 2 aromatic carbocycles. The summed E-state index contributed by atoms with van der Waals surface area (Å²) in [7, 11) is 0. The van der Waals surface area contributed by atoms with Crippen LogP contribution in [0.15, 0.2) is 53.6 Å². The largest absolute Gasteiger partial charge is 0.417 e. The Morgan fingerprint density at radius 2 is 1.73 bits per heavy atom. The summed E-state index contributed by atoms with van der Waals surface area (Å²) >= 11 is 0. The van der Waals surface area contributed by atoms with E-state index in [0.717, 1.165) is 17.8 Å². The predicted molar refractivity (Wildman–Crippen MR) is 90.7 cm³/mol. The highest BCUT2D eigenvalue weighted by Gasteiger charge is 2.32. The monoisotopic (exact) mass is 363 g/mol. The summed E-state index contributed by atoms with van der Waals surface area (Å²) < 4.78 is 38.5. The van der Waals surface area contributed by atoms with Crippen molar-refractivity contribution in [2.24, 2.45) is 5.10 Å². The molecule has 0 atom stereocenters. The number of aryl methyl sites for hydroxylation is 1. The molecule has 2 N–H and O–H groups in total. The molecule has 0 spiro atoms. The van der Waals surface area contributed by atoms with Crippen molar-refractivity contribution in [1.82, 2.24) is 10.7 Å². The van der Waals surface area contributed by atoms with Gasteiger partial charge < -0.3 is 5.32 Å². The minimum Gasteiger partial charge on any atom is -0.343 e. The number of alkyl halides is 3. The summed E-state index contributed by atoms with van der Waals surface area (Å²) in [5.74, 6) is -1.09. The Labute approximate surface area is 147 Å². The Balaban J connectivity index is 1.91. The van der Waals surface area contributed by atoms with Gasteiger partial charge in [-0.2, -0.15) is 18.3 Å². The van der Waals surface area contributed by atoms with E-state index in [1.807, 2.05) is 0 Å². The van der Waals surface area contributed by atoms with Crippen LogP contribution in [-0.4, -0.2) is 24.6 Å². The van der Waals surface area contributed by atoms with E-state index in [-0.39, 0.29) is 12.1 Å². The van der Waals surface area contributed by atoms with Gasteiger partial charge >= 0.3 is 6.18 Å². The van der Waals surface area contributed by atoms with Gasteiger partial charge in [0, 0.05) is 11.1 Å². The zero-order valence-corrected chi connectivity index (χ0v) is 13.8. The Morgan fingerprint density at radius 1 is 1.08 bits per heavy atom. The molecule has 5 nitrogen and oxygen atoms in total. The molecule has 0 radical (unpaired) electrons. The number of amides is 2. The lowest BCUT2D eigenvalue weighted by atomic mass is 10.1. The van der Waals surface area contributed by atoms with Crippen LogP contribution in [-0.2, 0) is 11.0 Å². The molecule has 2 rings (SSSR count). The first-order valence-corrected chi connectivity index (χ1v) is 7.61. The molecule has 0 fully saturated rings. The second-order valence-corrected chi connectivity index (χ2v) is 5.38. The molecule has 26 heavy (non-hydrogen) atoms. The molecule has 0 aliphatic carbocycles. The number of carbonyl (C=O) groups excluding carboxylic acids is 2. The van der Waals surface area contributed by atoms with Gasteiger partial charge in [-0.3, -0.25) is 9.59 Å². The number of nitrogens with zero attached hydrogens (tertiary/aromatic N) is 1. The lowest BCUT2D eigenvalue weighted by Gasteiger charge is -2.09. The average molecular weight is 363 g/mol. The summed E-state index contributed by atoms with van der Waals surface area (Å²) in [5, 5.41) is 5.93. The second-order valence-electron chi connectivity index (χ2n) is 5.38. The number of rotatable bonds is 5. The summed E-state index contributed by atoms with van der Waals surface area (Å²) in [6.07, 6.45) is -3.61. The van der Waals surface area contributed by atoms with Gasteiger partial charge in [-0.05, 0) is 24.6 Å². The topological polar surface area (TPSA) is 70.6 Å². The summed E-state index contributed by atoms with van der Waals surface area (Å²) in [4.78, 5) is 23.6. The van der Waals surface area contributed by atoms with E-state index in [0.29, 0.717) is 5.56 Å². The molecule has 0 heterocycles. The van der Waals surface area contributed by atoms with Crippen molar-refractivity contribution in [3.63, 3.8) is 0 Å². The maximum absolute atomic E-state index is 12.8. The molecular weight excluding hydrogens is 347 g/mol. The number of hydrogen-bond donors (Lipinski definition) is 2. The van der Waals surface area contributed by atoms with Crippen LogP contribution in [0.1, 0.15) is 27.0 Å². The molecule has 0 saturated carbocycles. The molecule has 0 bridgehead atoms. The molecule has 0 aromatic heterocycles. The van der Waals surface area contributed by atoms with Crippen LogP contribution in [0.25, 0.3) is 0 Å². The molecular formula is C18H16F3N3O2. The minimum atomic E-state index is -4.52. The summed E-state index contributed by atoms with van der Waals surface area (Å²) in [5.41, 5.74) is 2.24. The van der Waals surface area contributed by atoms with Crippen molar-refractivity contribution in [3.8, 4) is 0 Å². The Kier molecular flexibility index (Phi) is 6.11. The number of benzene rings is 2. The number of carbonyl (C=O) groups is 2. The van der Waals surface area contributed by atoms with Crippen LogP contribution in [0.4, 0.5) is 13.2 Å². The SMILES string of the molecule is Cc1ccccc1C(=O)NCC(=O)N/N=C\c1ccccc1C(F)(F)F. The first-order valence-electron chi connectivity index (χ1n) is 7.61. The van der Waals surface area contributed by atoms with E-state index >= 15 is 0 Å². The maximum Gasteiger partial charge on any atom is 0.417 e.